The molecule has 0 spiro atoms. The Morgan fingerprint density at radius 1 is 1.08 bits per heavy atom. The van der Waals surface area contributed by atoms with Crippen LogP contribution in [0, 0.1) is 0 Å². The van der Waals surface area contributed by atoms with Gasteiger partial charge in [0.05, 0.1) is 6.42 Å². The van der Waals surface area contributed by atoms with E-state index < -0.39 is 6.04 Å². The van der Waals surface area contributed by atoms with Crippen LogP contribution in [0.1, 0.15) is 34.7 Å². The average Bonchev–Trinajstić information content (AvgIpc) is 3.11. The van der Waals surface area contributed by atoms with E-state index in [4.69, 9.17) is 5.73 Å². The van der Waals surface area contributed by atoms with Crippen molar-refractivity contribution in [2.75, 3.05) is 6.54 Å². The minimum absolute atomic E-state index is 0.0341. The van der Waals surface area contributed by atoms with Crippen molar-refractivity contribution >= 4 is 39.3 Å². The highest BCUT2D eigenvalue weighted by Gasteiger charge is 2.37. The van der Waals surface area contributed by atoms with Crippen LogP contribution in [-0.4, -0.2) is 35.1 Å². The molecule has 1 amide bonds. The van der Waals surface area contributed by atoms with E-state index in [0.29, 0.717) is 24.4 Å². The van der Waals surface area contributed by atoms with Gasteiger partial charge in [0.2, 0.25) is 0 Å². The zero-order valence-electron chi connectivity index (χ0n) is 14.1. The Labute approximate surface area is 149 Å². The third kappa shape index (κ3) is 2.15. The third-order valence-electron chi connectivity index (χ3n) is 5.43. The molecule has 2 atom stereocenters. The number of aromatic amines is 1. The van der Waals surface area contributed by atoms with Gasteiger partial charge in [-0.05, 0) is 30.2 Å². The molecule has 0 saturated heterocycles. The summed E-state index contributed by atoms with van der Waals surface area (Å²) in [6.07, 6.45) is 0.868. The lowest BCUT2D eigenvalue weighted by Crippen LogP contribution is -2.24. The van der Waals surface area contributed by atoms with E-state index in [1.54, 1.807) is 0 Å². The molecule has 2 unspecified atom stereocenters. The number of hydrogen-bond donors (Lipinski definition) is 3. The minimum atomic E-state index is -0.496. The topological polar surface area (TPSA) is 100 Å². The first-order chi connectivity index (χ1) is 12.6. The smallest absolute Gasteiger partial charge is 0.251 e. The maximum absolute atomic E-state index is 12.6. The zero-order valence-corrected chi connectivity index (χ0v) is 14.1. The number of para-hydroxylation sites is 1. The molecular weight excluding hydrogens is 328 g/mol. The summed E-state index contributed by atoms with van der Waals surface area (Å²) in [7, 11) is 0. The summed E-state index contributed by atoms with van der Waals surface area (Å²) in [5, 5.41) is 5.10. The van der Waals surface area contributed by atoms with Gasteiger partial charge in [-0.1, -0.05) is 18.2 Å². The van der Waals surface area contributed by atoms with Crippen molar-refractivity contribution in [3.8, 4) is 0 Å². The second-order valence-electron chi connectivity index (χ2n) is 7.02. The molecule has 4 N–H and O–H groups in total. The quantitative estimate of drug-likeness (QED) is 0.630. The fourth-order valence-electron chi connectivity index (χ4n) is 4.23. The fourth-order valence-corrected chi connectivity index (χ4v) is 4.23. The number of aromatic nitrogens is 1. The van der Waals surface area contributed by atoms with Crippen LogP contribution in [0.15, 0.2) is 41.4 Å². The molecule has 0 fully saturated rings. The number of ketones is 1. The summed E-state index contributed by atoms with van der Waals surface area (Å²) in [5.41, 5.74) is 9.24. The molecule has 3 heterocycles. The Balaban J connectivity index is 1.76. The van der Waals surface area contributed by atoms with Gasteiger partial charge in [0, 0.05) is 39.8 Å². The summed E-state index contributed by atoms with van der Waals surface area (Å²) in [6, 6.07) is 11.5. The predicted octanol–water partition coefficient (Wildman–Crippen LogP) is 2.24. The number of amidine groups is 1. The number of hydrogen-bond acceptors (Lipinski definition) is 4. The standard InChI is InChI=1S/C20H18N4O2/c21-18-9-17(25)19(24-18)11-5-6-22-20(26)14-8-16-13(7-12(11)14)10-3-1-2-4-15(10)23-16/h1-4,7-8,11,19,23H,5-6,9H2,(H2,21,24)(H,22,26). The summed E-state index contributed by atoms with van der Waals surface area (Å²) in [4.78, 5) is 32.8. The first-order valence-electron chi connectivity index (χ1n) is 8.79. The number of nitrogens with zero attached hydrogens (tertiary/aromatic N) is 1. The maximum atomic E-state index is 12.6. The molecule has 0 saturated carbocycles. The van der Waals surface area contributed by atoms with Crippen molar-refractivity contribution in [1.29, 1.82) is 0 Å². The number of nitrogens with one attached hydrogen (secondary N) is 2. The SMILES string of the molecule is NC1=NC(C2CCNC(=O)c3cc4[nH]c5ccccc5c4cc32)C(=O)C1. The van der Waals surface area contributed by atoms with Crippen LogP contribution in [-0.2, 0) is 4.79 Å². The molecule has 3 aromatic rings. The second kappa shape index (κ2) is 5.42. The number of nitrogens with two attached hydrogens (primary N) is 1. The number of Topliss-reactive ketones (excluding diaryl/α,β-unsaturated/α-hetero) is 1. The maximum Gasteiger partial charge on any atom is 0.251 e. The highest BCUT2D eigenvalue weighted by molar-refractivity contribution is 6.11. The lowest BCUT2D eigenvalue weighted by atomic mass is 9.84. The van der Waals surface area contributed by atoms with E-state index in [-0.39, 0.29) is 24.0 Å². The first-order valence-corrected chi connectivity index (χ1v) is 8.79. The number of carbonyl (C=O) groups is 2. The minimum Gasteiger partial charge on any atom is -0.387 e. The van der Waals surface area contributed by atoms with Gasteiger partial charge in [0.1, 0.15) is 11.9 Å². The van der Waals surface area contributed by atoms with Gasteiger partial charge in [-0.3, -0.25) is 14.6 Å². The van der Waals surface area contributed by atoms with Gasteiger partial charge in [0.25, 0.3) is 5.91 Å². The number of carbonyl (C=O) groups excluding carboxylic acids is 2. The monoisotopic (exact) mass is 346 g/mol. The Bertz CT molecular complexity index is 1110. The van der Waals surface area contributed by atoms with Crippen LogP contribution in [0.2, 0.25) is 0 Å². The summed E-state index contributed by atoms with van der Waals surface area (Å²) in [5.74, 6) is 0.172. The van der Waals surface area contributed by atoms with Crippen LogP contribution >= 0.6 is 0 Å². The Hall–Kier alpha value is -3.15. The number of rotatable bonds is 1. The first kappa shape index (κ1) is 15.1. The van der Waals surface area contributed by atoms with Gasteiger partial charge >= 0.3 is 0 Å². The van der Waals surface area contributed by atoms with Crippen molar-refractivity contribution in [3.63, 3.8) is 0 Å². The van der Waals surface area contributed by atoms with E-state index >= 15 is 0 Å². The number of H-pyrrole nitrogens is 1. The Kier molecular flexibility index (Phi) is 3.16. The largest absolute Gasteiger partial charge is 0.387 e. The highest BCUT2D eigenvalue weighted by Crippen LogP contribution is 2.37. The zero-order chi connectivity index (χ0) is 17.8. The van der Waals surface area contributed by atoms with Crippen LogP contribution in [0.25, 0.3) is 21.8 Å². The van der Waals surface area contributed by atoms with Crippen molar-refractivity contribution in [1.82, 2.24) is 10.3 Å². The van der Waals surface area contributed by atoms with Gasteiger partial charge in [-0.25, -0.2) is 0 Å². The lowest BCUT2D eigenvalue weighted by Gasteiger charge is -2.20. The third-order valence-corrected chi connectivity index (χ3v) is 5.43. The molecule has 130 valence electrons. The number of benzene rings is 2. The molecule has 6 nitrogen and oxygen atoms in total. The molecule has 26 heavy (non-hydrogen) atoms. The highest BCUT2D eigenvalue weighted by atomic mass is 16.1. The summed E-state index contributed by atoms with van der Waals surface area (Å²) < 4.78 is 0. The normalized spacial score (nSPS) is 23.0. The predicted molar refractivity (Wildman–Crippen MR) is 101 cm³/mol. The molecule has 2 aliphatic heterocycles. The second-order valence-corrected chi connectivity index (χ2v) is 7.02. The van der Waals surface area contributed by atoms with E-state index in [1.165, 1.54) is 0 Å². The van der Waals surface area contributed by atoms with Crippen molar-refractivity contribution in [2.24, 2.45) is 10.7 Å². The van der Waals surface area contributed by atoms with E-state index in [2.05, 4.69) is 27.4 Å². The van der Waals surface area contributed by atoms with Crippen molar-refractivity contribution in [3.05, 3.63) is 47.5 Å². The Morgan fingerprint density at radius 3 is 2.73 bits per heavy atom. The van der Waals surface area contributed by atoms with E-state index in [1.807, 2.05) is 24.3 Å². The van der Waals surface area contributed by atoms with Gasteiger partial charge in [-0.2, -0.15) is 0 Å². The molecule has 0 aliphatic carbocycles. The van der Waals surface area contributed by atoms with Gasteiger partial charge < -0.3 is 16.0 Å². The molecule has 1 aromatic heterocycles. The molecule has 6 heteroatoms. The van der Waals surface area contributed by atoms with Crippen molar-refractivity contribution < 1.29 is 9.59 Å². The number of amides is 1. The average molecular weight is 346 g/mol. The Morgan fingerprint density at radius 2 is 1.92 bits per heavy atom. The number of fused-ring (bicyclic) bond motifs is 4. The molecule has 0 radical (unpaired) electrons. The summed E-state index contributed by atoms with van der Waals surface area (Å²) >= 11 is 0. The van der Waals surface area contributed by atoms with E-state index in [9.17, 15) is 9.59 Å². The van der Waals surface area contributed by atoms with Gasteiger partial charge in [-0.15, -0.1) is 0 Å². The molecule has 2 aliphatic rings. The molecular formula is C20H18N4O2. The molecule has 0 bridgehead atoms. The van der Waals surface area contributed by atoms with Crippen LogP contribution in [0.4, 0.5) is 0 Å². The van der Waals surface area contributed by atoms with E-state index in [0.717, 1.165) is 27.4 Å². The van der Waals surface area contributed by atoms with Crippen LogP contribution < -0.4 is 11.1 Å². The fraction of sp³-hybridized carbons (Fsp3) is 0.250. The van der Waals surface area contributed by atoms with Crippen LogP contribution in [0.5, 0.6) is 0 Å². The lowest BCUT2D eigenvalue weighted by molar-refractivity contribution is -0.118. The molecule has 5 rings (SSSR count). The van der Waals surface area contributed by atoms with Crippen molar-refractivity contribution in [2.45, 2.75) is 24.8 Å². The van der Waals surface area contributed by atoms with Gasteiger partial charge in [0.15, 0.2) is 5.78 Å². The van der Waals surface area contributed by atoms with Crippen LogP contribution in [0.3, 0.4) is 0 Å². The molecule has 2 aromatic carbocycles. The number of aliphatic imine (C=N–C) groups is 1. The summed E-state index contributed by atoms with van der Waals surface area (Å²) in [6.45, 7) is 0.520.